The Balaban J connectivity index is 4.58. The van der Waals surface area contributed by atoms with E-state index in [1.165, 1.54) is 0 Å². The predicted octanol–water partition coefficient (Wildman–Crippen LogP) is -1.92. The molecule has 9 nitrogen and oxygen atoms in total. The molecule has 72 valence electrons. The number of hydrogen-bond donors (Lipinski definition) is 1. The van der Waals surface area contributed by atoms with Crippen LogP contribution in [0, 0.1) is 0 Å². The maximum Gasteiger partial charge on any atom is 0.507 e. The number of rotatable bonds is 4. The molecule has 0 aliphatic rings. The minimum absolute atomic E-state index is 2.83. The highest BCUT2D eigenvalue weighted by atomic mass is 32.3. The topological polar surface area (TPSA) is 147 Å². The normalized spacial score (nSPS) is 14.3. The summed E-state index contributed by atoms with van der Waals surface area (Å²) in [6.45, 7) is 0. The van der Waals surface area contributed by atoms with E-state index in [0.29, 0.717) is 0 Å². The second-order valence-electron chi connectivity index (χ2n) is 1.20. The zero-order chi connectivity index (χ0) is 9.99. The Morgan fingerprint density at radius 1 is 1.25 bits per heavy atom. The van der Waals surface area contributed by atoms with Gasteiger partial charge in [-0.05, 0) is 4.57 Å². The molecule has 0 heterocycles. The lowest BCUT2D eigenvalue weighted by atomic mass is 15.7. The van der Waals surface area contributed by atoms with Gasteiger partial charge in [0.25, 0.3) is 0 Å². The minimum atomic E-state index is -5.31. The van der Waals surface area contributed by atoms with Gasteiger partial charge in [-0.1, -0.05) is 3.63 Å². The van der Waals surface area contributed by atoms with Crippen LogP contribution in [0.4, 0.5) is 0 Å². The molecule has 0 fully saturated rings. The zero-order valence-corrected chi connectivity index (χ0v) is 7.50. The third kappa shape index (κ3) is 6.54. The van der Waals surface area contributed by atoms with Gasteiger partial charge in [-0.15, -0.1) is 0 Å². The molecule has 0 radical (unpaired) electrons. The summed E-state index contributed by atoms with van der Waals surface area (Å²) in [5.41, 5.74) is 0. The fourth-order valence-electron chi connectivity index (χ4n) is 0.192. The Bertz CT molecular complexity index is 355. The summed E-state index contributed by atoms with van der Waals surface area (Å²) in [5, 5.41) is 0. The maximum atomic E-state index is 10.1. The van der Waals surface area contributed by atoms with Crippen molar-refractivity contribution in [1.29, 1.82) is 0 Å². The van der Waals surface area contributed by atoms with Crippen LogP contribution in [0.3, 0.4) is 0 Å². The van der Waals surface area contributed by atoms with E-state index in [1.807, 2.05) is 0 Å². The van der Waals surface area contributed by atoms with E-state index in [0.717, 1.165) is 0 Å². The molecule has 0 aliphatic carbocycles. The molecule has 0 aromatic carbocycles. The van der Waals surface area contributed by atoms with E-state index in [9.17, 15) is 26.3 Å². The Labute approximate surface area is 68.2 Å². The van der Waals surface area contributed by atoms with Crippen molar-refractivity contribution in [3.63, 3.8) is 0 Å². The van der Waals surface area contributed by atoms with Crippen LogP contribution in [0.25, 0.3) is 0 Å². The lowest BCUT2D eigenvalue weighted by molar-refractivity contribution is -0.178. The second-order valence-corrected chi connectivity index (χ2v) is 4.46. The van der Waals surface area contributed by atoms with Gasteiger partial charge >= 0.3 is 29.1 Å². The number of hydrogen-bond acceptors (Lipinski definition) is 8. The van der Waals surface area contributed by atoms with Crippen molar-refractivity contribution < 1.29 is 38.4 Å². The van der Waals surface area contributed by atoms with Gasteiger partial charge in [-0.25, -0.2) is 0 Å². The molecule has 0 aromatic rings. The molecular weight excluding hydrogens is 239 g/mol. The molecule has 0 spiro atoms. The highest BCUT2D eigenvalue weighted by Crippen LogP contribution is 2.16. The minimum Gasteiger partial charge on any atom is -0.566 e. The van der Waals surface area contributed by atoms with Crippen LogP contribution in [0.1, 0.15) is 0 Å². The van der Waals surface area contributed by atoms with Gasteiger partial charge in [0.2, 0.25) is 0 Å². The lowest BCUT2D eigenvalue weighted by Crippen LogP contribution is -2.14. The molecule has 1 atom stereocenters. The van der Waals surface area contributed by atoms with Crippen molar-refractivity contribution in [2.24, 2.45) is 0 Å². The maximum absolute atomic E-state index is 10.1. The Morgan fingerprint density at radius 2 is 1.67 bits per heavy atom. The van der Waals surface area contributed by atoms with E-state index in [2.05, 4.69) is 7.60 Å². The molecule has 12 heteroatoms. The smallest absolute Gasteiger partial charge is 0.507 e. The summed E-state index contributed by atoms with van der Waals surface area (Å²) in [6.07, 6.45) is 0. The van der Waals surface area contributed by atoms with Crippen LogP contribution in [-0.4, -0.2) is 21.4 Å². The molecule has 0 saturated carbocycles. The monoisotopic (exact) mass is 240 g/mol. The molecule has 1 N–H and O–H groups in total. The van der Waals surface area contributed by atoms with E-state index in [-0.39, 0.29) is 0 Å². The largest absolute Gasteiger partial charge is 0.566 e. The van der Waals surface area contributed by atoms with Crippen molar-refractivity contribution in [1.82, 2.24) is 0 Å². The molecule has 0 saturated heterocycles. The first kappa shape index (κ1) is 11.8. The van der Waals surface area contributed by atoms with Crippen LogP contribution < -0.4 is 4.89 Å². The van der Waals surface area contributed by atoms with Gasteiger partial charge in [0, 0.05) is 3.97 Å². The molecule has 0 aliphatic heterocycles. The SMILES string of the molecule is O=[P+]([O-])OS(=O)(=O)OS(=O)(=O)O. The van der Waals surface area contributed by atoms with Gasteiger partial charge in [0.05, 0.1) is 0 Å². The highest BCUT2D eigenvalue weighted by Gasteiger charge is 2.28. The molecule has 0 amide bonds. The van der Waals surface area contributed by atoms with E-state index in [4.69, 9.17) is 4.55 Å². The standard InChI is InChI=1S/HO9PS2/c1-10(2)8-12(6,7)9-11(3,4)5/h(H,3,4,5). The molecule has 0 aromatic heterocycles. The van der Waals surface area contributed by atoms with Crippen LogP contribution in [0.5, 0.6) is 0 Å². The molecule has 0 rings (SSSR count). The third-order valence-corrected chi connectivity index (χ3v) is 2.89. The van der Waals surface area contributed by atoms with Crippen molar-refractivity contribution >= 4 is 29.1 Å². The molecule has 12 heavy (non-hydrogen) atoms. The summed E-state index contributed by atoms with van der Waals surface area (Å²) in [6, 6.07) is 0. The lowest BCUT2D eigenvalue weighted by Gasteiger charge is -1.93. The second kappa shape index (κ2) is 3.70. The highest BCUT2D eigenvalue weighted by molar-refractivity contribution is 7.96. The summed E-state index contributed by atoms with van der Waals surface area (Å²) >= 11 is 0. The Morgan fingerprint density at radius 3 is 1.92 bits per heavy atom. The van der Waals surface area contributed by atoms with Gasteiger partial charge in [0.1, 0.15) is 0 Å². The van der Waals surface area contributed by atoms with Crippen molar-refractivity contribution in [2.45, 2.75) is 0 Å². The van der Waals surface area contributed by atoms with Gasteiger partial charge < -0.3 is 4.89 Å². The van der Waals surface area contributed by atoms with Gasteiger partial charge in [-0.2, -0.15) is 16.8 Å². The molecular formula is HO9PS2. The third-order valence-electron chi connectivity index (χ3n) is 0.321. The van der Waals surface area contributed by atoms with E-state index in [1.54, 1.807) is 0 Å². The molecule has 0 bridgehead atoms. The summed E-state index contributed by atoms with van der Waals surface area (Å²) in [5.74, 6) is 0. The van der Waals surface area contributed by atoms with Crippen LogP contribution in [0.2, 0.25) is 0 Å². The van der Waals surface area contributed by atoms with E-state index < -0.39 is 29.1 Å². The summed E-state index contributed by atoms with van der Waals surface area (Å²) < 4.78 is 62.7. The summed E-state index contributed by atoms with van der Waals surface area (Å²) in [4.78, 5) is 9.58. The quantitative estimate of drug-likeness (QED) is 0.438. The first-order chi connectivity index (χ1) is 5.12. The fourth-order valence-corrected chi connectivity index (χ4v) is 1.95. The van der Waals surface area contributed by atoms with Gasteiger partial charge in [0.15, 0.2) is 0 Å². The average molecular weight is 240 g/mol. The molecule has 1 unspecified atom stereocenters. The van der Waals surface area contributed by atoms with E-state index >= 15 is 0 Å². The summed E-state index contributed by atoms with van der Waals surface area (Å²) in [7, 11) is -14.4. The van der Waals surface area contributed by atoms with Crippen molar-refractivity contribution in [3.05, 3.63) is 0 Å². The van der Waals surface area contributed by atoms with Crippen molar-refractivity contribution in [2.75, 3.05) is 0 Å². The van der Waals surface area contributed by atoms with Crippen LogP contribution in [0.15, 0.2) is 0 Å². The predicted molar refractivity (Wildman–Crippen MR) is 30.2 cm³/mol. The van der Waals surface area contributed by atoms with Gasteiger partial charge in [-0.3, -0.25) is 4.55 Å². The zero-order valence-electron chi connectivity index (χ0n) is 4.98. The first-order valence-electron chi connectivity index (χ1n) is 1.90. The Kier molecular flexibility index (Phi) is 3.65. The average Bonchev–Trinajstić information content (AvgIpc) is 1.48. The van der Waals surface area contributed by atoms with Crippen molar-refractivity contribution in [3.8, 4) is 0 Å². The Hall–Kier alpha value is -0.160. The first-order valence-corrected chi connectivity index (χ1v) is 5.69. The fraction of sp³-hybridized carbons (Fsp3) is 0. The van der Waals surface area contributed by atoms with Crippen LogP contribution >= 0.6 is 8.25 Å². The van der Waals surface area contributed by atoms with Crippen LogP contribution in [-0.2, 0) is 33.0 Å².